The molecule has 0 amide bonds. The van der Waals surface area contributed by atoms with Crippen molar-refractivity contribution in [3.05, 3.63) is 64.7 Å². The summed E-state index contributed by atoms with van der Waals surface area (Å²) in [7, 11) is 0. The topological polar surface area (TPSA) is 35.5 Å². The van der Waals surface area contributed by atoms with Crippen LogP contribution < -0.4 is 4.74 Å². The maximum atomic E-state index is 12.2. The molecule has 2 aromatic rings. The van der Waals surface area contributed by atoms with Crippen molar-refractivity contribution in [2.45, 2.75) is 32.8 Å². The minimum atomic E-state index is -0.376. The van der Waals surface area contributed by atoms with E-state index >= 15 is 0 Å². The summed E-state index contributed by atoms with van der Waals surface area (Å²) in [5.74, 6) is 0.397. The van der Waals surface area contributed by atoms with E-state index in [4.69, 9.17) is 21.1 Å². The Kier molecular flexibility index (Phi) is 6.48. The molecule has 0 fully saturated rings. The van der Waals surface area contributed by atoms with Crippen LogP contribution in [0.2, 0.25) is 5.02 Å². The lowest BCUT2D eigenvalue weighted by atomic mass is 10.2. The van der Waals surface area contributed by atoms with Crippen LogP contribution in [0.15, 0.2) is 48.5 Å². The predicted molar refractivity (Wildman–Crippen MR) is 92.2 cm³/mol. The molecule has 2 aromatic carbocycles. The third-order valence-electron chi connectivity index (χ3n) is 3.40. The Balaban J connectivity index is 1.95. The molecule has 0 aliphatic carbocycles. The van der Waals surface area contributed by atoms with E-state index in [1.54, 1.807) is 24.3 Å². The highest BCUT2D eigenvalue weighted by Gasteiger charge is 2.16. The van der Waals surface area contributed by atoms with Crippen molar-refractivity contribution in [1.29, 1.82) is 0 Å². The number of carbonyl (C=O) groups is 1. The van der Waals surface area contributed by atoms with Crippen molar-refractivity contribution in [1.82, 2.24) is 0 Å². The first-order valence-electron chi connectivity index (χ1n) is 7.74. The fraction of sp³-hybridized carbons (Fsp3) is 0.316. The van der Waals surface area contributed by atoms with Gasteiger partial charge in [0.1, 0.15) is 18.5 Å². The highest BCUT2D eigenvalue weighted by Crippen LogP contribution is 2.16. The summed E-state index contributed by atoms with van der Waals surface area (Å²) < 4.78 is 11.3. The molecule has 122 valence electrons. The molecule has 0 bridgehead atoms. The van der Waals surface area contributed by atoms with Crippen LogP contribution in [0.1, 0.15) is 35.7 Å². The summed E-state index contributed by atoms with van der Waals surface area (Å²) in [6, 6.07) is 14.6. The van der Waals surface area contributed by atoms with Crippen LogP contribution in [0.25, 0.3) is 0 Å². The van der Waals surface area contributed by atoms with Crippen LogP contribution in [0.5, 0.6) is 5.75 Å². The van der Waals surface area contributed by atoms with E-state index in [2.05, 4.69) is 0 Å². The molecule has 1 unspecified atom stereocenters. The molecule has 0 aliphatic rings. The van der Waals surface area contributed by atoms with Crippen molar-refractivity contribution in [3.8, 4) is 5.75 Å². The number of benzene rings is 2. The Labute approximate surface area is 142 Å². The first-order valence-corrected chi connectivity index (χ1v) is 8.12. The molecule has 0 aromatic heterocycles. The van der Waals surface area contributed by atoms with Gasteiger partial charge < -0.3 is 9.47 Å². The lowest BCUT2D eigenvalue weighted by Gasteiger charge is -2.18. The molecule has 0 saturated heterocycles. The van der Waals surface area contributed by atoms with Crippen molar-refractivity contribution in [3.63, 3.8) is 0 Å². The number of hydrogen-bond donors (Lipinski definition) is 0. The molecule has 3 nitrogen and oxygen atoms in total. The van der Waals surface area contributed by atoms with Gasteiger partial charge >= 0.3 is 5.97 Å². The van der Waals surface area contributed by atoms with Gasteiger partial charge in [0, 0.05) is 5.02 Å². The summed E-state index contributed by atoms with van der Waals surface area (Å²) in [4.78, 5) is 12.2. The van der Waals surface area contributed by atoms with E-state index in [0.29, 0.717) is 17.2 Å². The van der Waals surface area contributed by atoms with Crippen molar-refractivity contribution in [2.24, 2.45) is 0 Å². The fourth-order valence-electron chi connectivity index (χ4n) is 2.16. The summed E-state index contributed by atoms with van der Waals surface area (Å²) in [6.07, 6.45) is 1.37. The van der Waals surface area contributed by atoms with Gasteiger partial charge in [-0.1, -0.05) is 48.7 Å². The van der Waals surface area contributed by atoms with Crippen LogP contribution in [-0.2, 0) is 4.74 Å². The predicted octanol–water partition coefficient (Wildman–Crippen LogP) is 5.05. The van der Waals surface area contributed by atoms with Gasteiger partial charge in [0.15, 0.2) is 0 Å². The summed E-state index contributed by atoms with van der Waals surface area (Å²) in [5, 5.41) is 0.516. The molecule has 2 rings (SSSR count). The number of ether oxygens (including phenoxy) is 2. The highest BCUT2D eigenvalue weighted by atomic mass is 35.5. The Bertz CT molecular complexity index is 637. The third-order valence-corrected chi connectivity index (χ3v) is 3.64. The van der Waals surface area contributed by atoms with Gasteiger partial charge in [-0.25, -0.2) is 4.79 Å². The number of carbonyl (C=O) groups excluding carboxylic acids is 1. The second-order valence-corrected chi connectivity index (χ2v) is 5.89. The molecule has 0 saturated carbocycles. The van der Waals surface area contributed by atoms with E-state index in [0.717, 1.165) is 18.6 Å². The van der Waals surface area contributed by atoms with E-state index in [1.165, 1.54) is 5.56 Å². The maximum absolute atomic E-state index is 12.2. The molecule has 4 heteroatoms. The van der Waals surface area contributed by atoms with Crippen LogP contribution in [-0.4, -0.2) is 18.7 Å². The number of hydrogen-bond acceptors (Lipinski definition) is 3. The number of esters is 1. The Morgan fingerprint density at radius 2 is 1.91 bits per heavy atom. The molecule has 0 radical (unpaired) electrons. The Morgan fingerprint density at radius 3 is 2.57 bits per heavy atom. The van der Waals surface area contributed by atoms with Gasteiger partial charge in [-0.05, 0) is 43.7 Å². The second-order valence-electron chi connectivity index (χ2n) is 5.45. The Hall–Kier alpha value is -2.00. The van der Waals surface area contributed by atoms with Crippen LogP contribution in [0, 0.1) is 6.92 Å². The first-order chi connectivity index (χ1) is 11.1. The molecular formula is C19H21ClO3. The summed E-state index contributed by atoms with van der Waals surface area (Å²) >= 11 is 5.91. The van der Waals surface area contributed by atoms with Gasteiger partial charge in [-0.15, -0.1) is 0 Å². The fourth-order valence-corrected chi connectivity index (χ4v) is 2.35. The average Bonchev–Trinajstić information content (AvgIpc) is 2.54. The summed E-state index contributed by atoms with van der Waals surface area (Å²) in [5.41, 5.74) is 1.63. The number of rotatable bonds is 7. The number of halogens is 1. The monoisotopic (exact) mass is 332 g/mol. The lowest BCUT2D eigenvalue weighted by Crippen LogP contribution is -2.25. The van der Waals surface area contributed by atoms with E-state index in [9.17, 15) is 4.79 Å². The van der Waals surface area contributed by atoms with Gasteiger partial charge in [-0.2, -0.15) is 0 Å². The van der Waals surface area contributed by atoms with Crippen molar-refractivity contribution < 1.29 is 14.3 Å². The van der Waals surface area contributed by atoms with E-state index in [-0.39, 0.29) is 12.1 Å². The second kappa shape index (κ2) is 8.59. The molecule has 0 spiro atoms. The van der Waals surface area contributed by atoms with Gasteiger partial charge in [0.2, 0.25) is 0 Å². The largest absolute Gasteiger partial charge is 0.490 e. The van der Waals surface area contributed by atoms with Gasteiger partial charge in [-0.3, -0.25) is 0 Å². The average molecular weight is 333 g/mol. The standard InChI is InChI=1S/C19H21ClO3/c1-3-5-18(13-22-17-10-8-14(2)9-11-17)23-19(21)15-6-4-7-16(20)12-15/h4,6-12,18H,3,5,13H2,1-2H3. The normalized spacial score (nSPS) is 11.8. The molecule has 0 N–H and O–H groups in total. The summed E-state index contributed by atoms with van der Waals surface area (Å²) in [6.45, 7) is 4.41. The zero-order valence-corrected chi connectivity index (χ0v) is 14.2. The third kappa shape index (κ3) is 5.61. The van der Waals surface area contributed by atoms with Crippen molar-refractivity contribution >= 4 is 17.6 Å². The van der Waals surface area contributed by atoms with E-state index < -0.39 is 0 Å². The molecule has 0 heterocycles. The molecular weight excluding hydrogens is 312 g/mol. The molecule has 0 aliphatic heterocycles. The SMILES string of the molecule is CCCC(COc1ccc(C)cc1)OC(=O)c1cccc(Cl)c1. The smallest absolute Gasteiger partial charge is 0.338 e. The first kappa shape index (κ1) is 17.4. The minimum absolute atomic E-state index is 0.284. The van der Waals surface area contributed by atoms with Crippen molar-refractivity contribution in [2.75, 3.05) is 6.61 Å². The maximum Gasteiger partial charge on any atom is 0.338 e. The zero-order valence-electron chi connectivity index (χ0n) is 13.4. The Morgan fingerprint density at radius 1 is 1.17 bits per heavy atom. The van der Waals surface area contributed by atoms with Crippen LogP contribution >= 0.6 is 11.6 Å². The van der Waals surface area contributed by atoms with Crippen LogP contribution in [0.4, 0.5) is 0 Å². The van der Waals surface area contributed by atoms with Gasteiger partial charge in [0.05, 0.1) is 5.56 Å². The quantitative estimate of drug-likeness (QED) is 0.665. The number of aryl methyl sites for hydroxylation is 1. The highest BCUT2D eigenvalue weighted by molar-refractivity contribution is 6.30. The van der Waals surface area contributed by atoms with Crippen LogP contribution in [0.3, 0.4) is 0 Å². The molecule has 23 heavy (non-hydrogen) atoms. The van der Waals surface area contributed by atoms with E-state index in [1.807, 2.05) is 38.1 Å². The lowest BCUT2D eigenvalue weighted by molar-refractivity contribution is 0.0149. The van der Waals surface area contributed by atoms with Gasteiger partial charge in [0.25, 0.3) is 0 Å². The molecule has 1 atom stereocenters. The minimum Gasteiger partial charge on any atom is -0.490 e. The zero-order chi connectivity index (χ0) is 16.7.